The molecule has 2 aliphatic rings. The highest BCUT2D eigenvalue weighted by atomic mass is 16.6. The minimum atomic E-state index is -0.488. The highest BCUT2D eigenvalue weighted by Gasteiger charge is 2.33. The van der Waals surface area contributed by atoms with E-state index in [2.05, 4.69) is 6.07 Å². The van der Waals surface area contributed by atoms with Crippen molar-refractivity contribution < 1.29 is 19.1 Å². The Morgan fingerprint density at radius 1 is 1.00 bits per heavy atom. The lowest BCUT2D eigenvalue weighted by Gasteiger charge is -2.39. The molecular formula is C28H34N2O4. The molecule has 34 heavy (non-hydrogen) atoms. The fourth-order valence-electron chi connectivity index (χ4n) is 4.59. The van der Waals surface area contributed by atoms with Crippen LogP contribution in [0.1, 0.15) is 62.9 Å². The van der Waals surface area contributed by atoms with Crippen LogP contribution in [-0.2, 0) is 16.0 Å². The SMILES string of the molecule is CCC(=O)N1CCc2cc(-c3ccc(C(=O)CCC4CN(C(=O)OC(C)(C)C)C4)cc3)ccc21. The molecule has 0 aromatic heterocycles. The summed E-state index contributed by atoms with van der Waals surface area (Å²) >= 11 is 0. The summed E-state index contributed by atoms with van der Waals surface area (Å²) in [5.41, 5.74) is 4.60. The fourth-order valence-corrected chi connectivity index (χ4v) is 4.59. The molecule has 2 aromatic rings. The first-order valence-corrected chi connectivity index (χ1v) is 12.2. The van der Waals surface area contributed by atoms with E-state index in [4.69, 9.17) is 4.74 Å². The predicted molar refractivity (Wildman–Crippen MR) is 133 cm³/mol. The third-order valence-corrected chi connectivity index (χ3v) is 6.51. The van der Waals surface area contributed by atoms with Gasteiger partial charge in [-0.15, -0.1) is 0 Å². The maximum absolute atomic E-state index is 12.7. The van der Waals surface area contributed by atoms with Crippen LogP contribution in [-0.4, -0.2) is 47.9 Å². The monoisotopic (exact) mass is 462 g/mol. The molecule has 0 atom stereocenters. The van der Waals surface area contributed by atoms with E-state index >= 15 is 0 Å². The number of carbonyl (C=O) groups is 3. The average Bonchev–Trinajstić information content (AvgIpc) is 3.19. The standard InChI is InChI=1S/C28H34N2O4/c1-5-26(32)30-15-14-23-16-22(11-12-24(23)30)20-7-9-21(10-8-20)25(31)13-6-19-17-29(18-19)27(33)34-28(2,3)4/h7-12,16,19H,5-6,13-15,17-18H2,1-4H3. The number of likely N-dealkylation sites (tertiary alicyclic amines) is 1. The van der Waals surface area contributed by atoms with Crippen molar-refractivity contribution in [3.05, 3.63) is 53.6 Å². The lowest BCUT2D eigenvalue weighted by atomic mass is 9.92. The normalized spacial score (nSPS) is 15.6. The van der Waals surface area contributed by atoms with E-state index in [1.54, 1.807) is 4.90 Å². The molecule has 0 radical (unpaired) electrons. The average molecular weight is 463 g/mol. The first-order valence-electron chi connectivity index (χ1n) is 12.2. The van der Waals surface area contributed by atoms with Gasteiger partial charge in [0.05, 0.1) is 0 Å². The Balaban J connectivity index is 1.29. The predicted octanol–water partition coefficient (Wildman–Crippen LogP) is 5.48. The van der Waals surface area contributed by atoms with E-state index in [9.17, 15) is 14.4 Å². The maximum Gasteiger partial charge on any atom is 0.410 e. The Morgan fingerprint density at radius 3 is 2.32 bits per heavy atom. The molecule has 1 fully saturated rings. The molecular weight excluding hydrogens is 428 g/mol. The number of hydrogen-bond donors (Lipinski definition) is 0. The summed E-state index contributed by atoms with van der Waals surface area (Å²) in [6.07, 6.45) is 2.36. The van der Waals surface area contributed by atoms with Gasteiger partial charge in [-0.2, -0.15) is 0 Å². The van der Waals surface area contributed by atoms with Crippen LogP contribution >= 0.6 is 0 Å². The Morgan fingerprint density at radius 2 is 1.68 bits per heavy atom. The van der Waals surface area contributed by atoms with Crippen molar-refractivity contribution in [3.8, 4) is 11.1 Å². The van der Waals surface area contributed by atoms with Crippen molar-refractivity contribution in [2.75, 3.05) is 24.5 Å². The van der Waals surface area contributed by atoms with Crippen LogP contribution < -0.4 is 4.90 Å². The summed E-state index contributed by atoms with van der Waals surface area (Å²) in [7, 11) is 0. The minimum absolute atomic E-state index is 0.130. The molecule has 0 aliphatic carbocycles. The van der Waals surface area contributed by atoms with Crippen molar-refractivity contribution in [2.24, 2.45) is 5.92 Å². The number of benzene rings is 2. The molecule has 4 rings (SSSR count). The van der Waals surface area contributed by atoms with Gasteiger partial charge >= 0.3 is 6.09 Å². The summed E-state index contributed by atoms with van der Waals surface area (Å²) in [4.78, 5) is 40.4. The van der Waals surface area contributed by atoms with Crippen LogP contribution in [0.15, 0.2) is 42.5 Å². The van der Waals surface area contributed by atoms with Crippen molar-refractivity contribution >= 4 is 23.5 Å². The van der Waals surface area contributed by atoms with E-state index in [-0.39, 0.29) is 17.8 Å². The number of anilines is 1. The summed E-state index contributed by atoms with van der Waals surface area (Å²) in [6.45, 7) is 9.53. The van der Waals surface area contributed by atoms with Crippen molar-refractivity contribution in [2.45, 2.75) is 59.0 Å². The van der Waals surface area contributed by atoms with E-state index in [0.29, 0.717) is 37.4 Å². The van der Waals surface area contributed by atoms with Gasteiger partial charge in [-0.05, 0) is 68.4 Å². The molecule has 1 saturated heterocycles. The number of amides is 2. The van der Waals surface area contributed by atoms with Crippen LogP contribution in [0.4, 0.5) is 10.5 Å². The van der Waals surface area contributed by atoms with E-state index in [1.807, 2.05) is 69.0 Å². The third-order valence-electron chi connectivity index (χ3n) is 6.51. The number of fused-ring (bicyclic) bond motifs is 1. The minimum Gasteiger partial charge on any atom is -0.444 e. The number of ketones is 1. The Bertz CT molecular complexity index is 1080. The molecule has 6 nitrogen and oxygen atoms in total. The van der Waals surface area contributed by atoms with Gasteiger partial charge in [-0.3, -0.25) is 9.59 Å². The second-order valence-corrected chi connectivity index (χ2v) is 10.3. The lowest BCUT2D eigenvalue weighted by molar-refractivity contribution is -0.118. The first-order chi connectivity index (χ1) is 16.1. The summed E-state index contributed by atoms with van der Waals surface area (Å²) < 4.78 is 5.38. The number of Topliss-reactive ketones (excluding diaryl/α,β-unsaturated/α-hetero) is 1. The van der Waals surface area contributed by atoms with E-state index < -0.39 is 5.60 Å². The van der Waals surface area contributed by atoms with Crippen LogP contribution in [0.3, 0.4) is 0 Å². The van der Waals surface area contributed by atoms with E-state index in [0.717, 1.165) is 36.2 Å². The number of hydrogen-bond acceptors (Lipinski definition) is 4. The van der Waals surface area contributed by atoms with Gasteiger partial charge in [0.2, 0.25) is 5.91 Å². The first kappa shape index (κ1) is 24.0. The largest absolute Gasteiger partial charge is 0.444 e. The van der Waals surface area contributed by atoms with Crippen LogP contribution in [0.25, 0.3) is 11.1 Å². The molecule has 0 spiro atoms. The molecule has 0 N–H and O–H groups in total. The third kappa shape index (κ3) is 5.32. The lowest BCUT2D eigenvalue weighted by Crippen LogP contribution is -2.51. The van der Waals surface area contributed by atoms with Gasteiger partial charge in [-0.25, -0.2) is 4.79 Å². The Labute approximate surface area is 201 Å². The van der Waals surface area contributed by atoms with Gasteiger partial charge < -0.3 is 14.5 Å². The number of rotatable bonds is 6. The second kappa shape index (κ2) is 9.61. The molecule has 180 valence electrons. The Kier molecular flexibility index (Phi) is 6.78. The van der Waals surface area contributed by atoms with Gasteiger partial charge in [0.25, 0.3) is 0 Å². The zero-order chi connectivity index (χ0) is 24.5. The number of ether oxygens (including phenoxy) is 1. The zero-order valence-corrected chi connectivity index (χ0v) is 20.6. The van der Waals surface area contributed by atoms with Crippen molar-refractivity contribution in [1.29, 1.82) is 0 Å². The maximum atomic E-state index is 12.7. The summed E-state index contributed by atoms with van der Waals surface area (Å²) in [5.74, 6) is 0.639. The number of nitrogens with zero attached hydrogens (tertiary/aromatic N) is 2. The summed E-state index contributed by atoms with van der Waals surface area (Å²) in [5, 5.41) is 0. The molecule has 0 bridgehead atoms. The smallest absolute Gasteiger partial charge is 0.410 e. The van der Waals surface area contributed by atoms with Gasteiger partial charge in [0.15, 0.2) is 5.78 Å². The molecule has 6 heteroatoms. The van der Waals surface area contributed by atoms with Crippen molar-refractivity contribution in [3.63, 3.8) is 0 Å². The molecule has 0 unspecified atom stereocenters. The number of carbonyl (C=O) groups excluding carboxylic acids is 3. The summed E-state index contributed by atoms with van der Waals surface area (Å²) in [6, 6.07) is 14.0. The molecule has 2 aliphatic heterocycles. The van der Waals surface area contributed by atoms with E-state index in [1.165, 1.54) is 5.56 Å². The van der Waals surface area contributed by atoms with Crippen molar-refractivity contribution in [1.82, 2.24) is 4.90 Å². The van der Waals surface area contributed by atoms with Gasteiger partial charge in [-0.1, -0.05) is 37.3 Å². The van der Waals surface area contributed by atoms with Gasteiger partial charge in [0.1, 0.15) is 5.60 Å². The second-order valence-electron chi connectivity index (χ2n) is 10.3. The molecule has 2 aromatic carbocycles. The van der Waals surface area contributed by atoms with Crippen LogP contribution in [0.5, 0.6) is 0 Å². The molecule has 0 saturated carbocycles. The zero-order valence-electron chi connectivity index (χ0n) is 20.6. The highest BCUT2D eigenvalue weighted by Crippen LogP contribution is 2.33. The highest BCUT2D eigenvalue weighted by molar-refractivity contribution is 5.97. The molecule has 2 amide bonds. The Hall–Kier alpha value is -3.15. The topological polar surface area (TPSA) is 66.9 Å². The van der Waals surface area contributed by atoms with Crippen LogP contribution in [0, 0.1) is 5.92 Å². The van der Waals surface area contributed by atoms with Crippen LogP contribution in [0.2, 0.25) is 0 Å². The fraction of sp³-hybridized carbons (Fsp3) is 0.464. The van der Waals surface area contributed by atoms with Gasteiger partial charge in [0, 0.05) is 43.7 Å². The molecule has 2 heterocycles. The quantitative estimate of drug-likeness (QED) is 0.533.